The molecule has 1 aliphatic heterocycles. The molecule has 0 aliphatic carbocycles. The van der Waals surface area contributed by atoms with Gasteiger partial charge in [-0.15, -0.1) is 0 Å². The quantitative estimate of drug-likeness (QED) is 0.312. The fourth-order valence-electron chi connectivity index (χ4n) is 3.74. The van der Waals surface area contributed by atoms with Gasteiger partial charge in [-0.25, -0.2) is 18.1 Å². The van der Waals surface area contributed by atoms with Gasteiger partial charge in [0.15, 0.2) is 0 Å². The van der Waals surface area contributed by atoms with Gasteiger partial charge in [-0.05, 0) is 73.7 Å². The third kappa shape index (κ3) is 5.53. The van der Waals surface area contributed by atoms with Crippen LogP contribution in [0.5, 0.6) is 5.75 Å². The van der Waals surface area contributed by atoms with Gasteiger partial charge in [0.1, 0.15) is 16.5 Å². The molecule has 1 fully saturated rings. The molecular formula is C23H27IN6O3S. The lowest BCUT2D eigenvalue weighted by molar-refractivity contribution is 0.342. The fourth-order valence-corrected chi connectivity index (χ4v) is 5.02. The average molecular weight is 594 g/mol. The van der Waals surface area contributed by atoms with E-state index in [9.17, 15) is 8.42 Å². The number of nitrogens with zero attached hydrogens (tertiary/aromatic N) is 3. The van der Waals surface area contributed by atoms with E-state index in [1.165, 1.54) is 26.0 Å². The zero-order valence-electron chi connectivity index (χ0n) is 19.0. The minimum Gasteiger partial charge on any atom is -0.492 e. The minimum absolute atomic E-state index is 0.137. The molecule has 1 saturated heterocycles. The fraction of sp³-hybridized carbons (Fsp3) is 0.304. The van der Waals surface area contributed by atoms with Gasteiger partial charge in [0.25, 0.3) is 0 Å². The highest BCUT2D eigenvalue weighted by molar-refractivity contribution is 14.1. The largest absolute Gasteiger partial charge is 0.492 e. The molecule has 1 aliphatic rings. The lowest BCUT2D eigenvalue weighted by Gasteiger charge is -2.20. The van der Waals surface area contributed by atoms with Crippen molar-refractivity contribution in [2.45, 2.75) is 24.7 Å². The number of anilines is 5. The van der Waals surface area contributed by atoms with Crippen LogP contribution in [-0.2, 0) is 10.0 Å². The first kappa shape index (κ1) is 24.5. The van der Waals surface area contributed by atoms with Crippen molar-refractivity contribution in [3.8, 4) is 5.75 Å². The van der Waals surface area contributed by atoms with Crippen molar-refractivity contribution in [3.05, 3.63) is 52.2 Å². The highest BCUT2D eigenvalue weighted by Gasteiger charge is 2.18. The molecule has 0 unspecified atom stereocenters. The van der Waals surface area contributed by atoms with Gasteiger partial charge in [-0.2, -0.15) is 4.98 Å². The number of nitrogens with one attached hydrogen (secondary N) is 3. The number of ether oxygens (including phenoxy) is 1. The van der Waals surface area contributed by atoms with Crippen molar-refractivity contribution >= 4 is 61.4 Å². The molecule has 0 saturated carbocycles. The number of halogens is 1. The lowest BCUT2D eigenvalue weighted by atomic mass is 10.2. The summed E-state index contributed by atoms with van der Waals surface area (Å²) in [6, 6.07) is 12.8. The van der Waals surface area contributed by atoms with Crippen LogP contribution < -0.4 is 25.0 Å². The van der Waals surface area contributed by atoms with Gasteiger partial charge in [-0.3, -0.25) is 0 Å². The van der Waals surface area contributed by atoms with Gasteiger partial charge in [0.05, 0.1) is 21.6 Å². The van der Waals surface area contributed by atoms with Crippen LogP contribution in [0.15, 0.2) is 53.6 Å². The van der Waals surface area contributed by atoms with Gasteiger partial charge in [0.2, 0.25) is 16.0 Å². The molecule has 3 N–H and O–H groups in total. The number of hydrogen-bond donors (Lipinski definition) is 3. The summed E-state index contributed by atoms with van der Waals surface area (Å²) in [7, 11) is -2.26. The van der Waals surface area contributed by atoms with Gasteiger partial charge < -0.3 is 20.3 Å². The van der Waals surface area contributed by atoms with Gasteiger partial charge in [0, 0.05) is 31.0 Å². The summed E-state index contributed by atoms with van der Waals surface area (Å²) in [5, 5.41) is 6.38. The molecule has 0 spiro atoms. The minimum atomic E-state index is -3.64. The van der Waals surface area contributed by atoms with E-state index in [1.807, 2.05) is 19.1 Å². The van der Waals surface area contributed by atoms with Crippen LogP contribution in [-0.4, -0.2) is 45.1 Å². The normalized spacial score (nSPS) is 13.7. The van der Waals surface area contributed by atoms with E-state index >= 15 is 0 Å². The molecule has 0 atom stereocenters. The molecular weight excluding hydrogens is 567 g/mol. The van der Waals surface area contributed by atoms with E-state index in [1.54, 1.807) is 24.4 Å². The van der Waals surface area contributed by atoms with Crippen molar-refractivity contribution in [2.24, 2.45) is 0 Å². The smallest absolute Gasteiger partial charge is 0.242 e. The Hall–Kier alpha value is -2.64. The summed E-state index contributed by atoms with van der Waals surface area (Å²) in [5.41, 5.74) is 2.32. The molecule has 0 amide bonds. The Morgan fingerprint density at radius 3 is 2.59 bits per heavy atom. The summed E-state index contributed by atoms with van der Waals surface area (Å²) in [4.78, 5) is 11.5. The Bertz CT molecular complexity index is 1270. The summed E-state index contributed by atoms with van der Waals surface area (Å²) < 4.78 is 33.8. The molecule has 180 valence electrons. The number of rotatable bonds is 9. The first-order chi connectivity index (χ1) is 16.4. The second-order valence-corrected chi connectivity index (χ2v) is 10.7. The molecule has 1 aromatic heterocycles. The first-order valence-electron chi connectivity index (χ1n) is 11.0. The van der Waals surface area contributed by atoms with Crippen LogP contribution in [0, 0.1) is 3.57 Å². The van der Waals surface area contributed by atoms with Crippen molar-refractivity contribution in [1.29, 1.82) is 0 Å². The predicted octanol–water partition coefficient (Wildman–Crippen LogP) is 4.48. The van der Waals surface area contributed by atoms with Crippen molar-refractivity contribution in [1.82, 2.24) is 14.7 Å². The molecule has 34 heavy (non-hydrogen) atoms. The SMILES string of the molecule is CCOc1cc(N2CCCC2)ccc1Nc1ncc(I)c(Nc2ccccc2S(=O)(=O)NC)n1. The Kier molecular flexibility index (Phi) is 7.73. The first-order valence-corrected chi connectivity index (χ1v) is 13.6. The number of para-hydroxylation sites is 1. The molecule has 4 rings (SSSR count). The van der Waals surface area contributed by atoms with E-state index in [2.05, 4.69) is 58.9 Å². The topological polar surface area (TPSA) is 108 Å². The third-order valence-corrected chi connectivity index (χ3v) is 7.69. The standard InChI is InChI=1S/C23H27IN6O3S/c1-3-33-20-14-16(30-12-6-7-13-30)10-11-18(20)28-23-26-15-17(24)22(29-23)27-19-8-4-5-9-21(19)34(31,32)25-2/h4-5,8-11,14-15,25H,3,6-7,12-13H2,1-2H3,(H2,26,27,28,29). The van der Waals surface area contributed by atoms with Crippen LogP contribution in [0.1, 0.15) is 19.8 Å². The highest BCUT2D eigenvalue weighted by atomic mass is 127. The van der Waals surface area contributed by atoms with E-state index in [0.717, 1.165) is 33.8 Å². The van der Waals surface area contributed by atoms with Gasteiger partial charge >= 0.3 is 0 Å². The maximum atomic E-state index is 12.4. The van der Waals surface area contributed by atoms with E-state index in [-0.39, 0.29) is 4.90 Å². The molecule has 2 aromatic carbocycles. The Labute approximate surface area is 213 Å². The maximum absolute atomic E-state index is 12.4. The van der Waals surface area contributed by atoms with E-state index in [0.29, 0.717) is 24.1 Å². The Morgan fingerprint density at radius 2 is 1.85 bits per heavy atom. The van der Waals surface area contributed by atoms with Crippen LogP contribution in [0.25, 0.3) is 0 Å². The van der Waals surface area contributed by atoms with Gasteiger partial charge in [-0.1, -0.05) is 12.1 Å². The van der Waals surface area contributed by atoms with Crippen LogP contribution in [0.4, 0.5) is 28.8 Å². The van der Waals surface area contributed by atoms with E-state index < -0.39 is 10.0 Å². The monoisotopic (exact) mass is 594 g/mol. The summed E-state index contributed by atoms with van der Waals surface area (Å²) in [5.74, 6) is 1.59. The molecule has 11 heteroatoms. The highest BCUT2D eigenvalue weighted by Crippen LogP contribution is 2.34. The van der Waals surface area contributed by atoms with E-state index in [4.69, 9.17) is 4.74 Å². The second kappa shape index (κ2) is 10.7. The Morgan fingerprint density at radius 1 is 1.09 bits per heavy atom. The summed E-state index contributed by atoms with van der Waals surface area (Å²) in [6.45, 7) is 4.60. The molecule has 0 radical (unpaired) electrons. The van der Waals surface area contributed by atoms with Crippen molar-refractivity contribution < 1.29 is 13.2 Å². The van der Waals surface area contributed by atoms with Crippen LogP contribution in [0.3, 0.4) is 0 Å². The van der Waals surface area contributed by atoms with Crippen LogP contribution in [0.2, 0.25) is 0 Å². The number of hydrogen-bond acceptors (Lipinski definition) is 8. The molecule has 3 aromatic rings. The number of sulfonamides is 1. The summed E-state index contributed by atoms with van der Waals surface area (Å²) >= 11 is 2.11. The van der Waals surface area contributed by atoms with Crippen LogP contribution >= 0.6 is 22.6 Å². The molecule has 0 bridgehead atoms. The average Bonchev–Trinajstić information content (AvgIpc) is 3.38. The zero-order valence-corrected chi connectivity index (χ0v) is 22.0. The summed E-state index contributed by atoms with van der Waals surface area (Å²) in [6.07, 6.45) is 4.08. The number of aromatic nitrogens is 2. The number of benzene rings is 2. The zero-order chi connectivity index (χ0) is 24.1. The third-order valence-electron chi connectivity index (χ3n) is 5.43. The molecule has 2 heterocycles. The maximum Gasteiger partial charge on any atom is 0.242 e. The predicted molar refractivity (Wildman–Crippen MR) is 143 cm³/mol. The van der Waals surface area contributed by atoms with Crippen molar-refractivity contribution in [3.63, 3.8) is 0 Å². The molecule has 9 nitrogen and oxygen atoms in total. The lowest BCUT2D eigenvalue weighted by Crippen LogP contribution is -2.19. The second-order valence-electron chi connectivity index (χ2n) is 7.65. The van der Waals surface area contributed by atoms with Crippen molar-refractivity contribution in [2.75, 3.05) is 42.3 Å². The Balaban J connectivity index is 1.61.